The number of nitrogens with two attached hydrogens (primary N) is 1. The predicted octanol–water partition coefficient (Wildman–Crippen LogP) is 4.52. The molecule has 0 bridgehead atoms. The first-order chi connectivity index (χ1) is 12.5. The van der Waals surface area contributed by atoms with Crippen LogP contribution in [0.2, 0.25) is 0 Å². The molecule has 0 radical (unpaired) electrons. The highest BCUT2D eigenvalue weighted by Crippen LogP contribution is 2.27. The van der Waals surface area contributed by atoms with Crippen LogP contribution in [0.4, 0.5) is 5.82 Å². The molecular weight excluding hydrogens is 320 g/mol. The Bertz CT molecular complexity index is 873. The third-order valence-corrected chi connectivity index (χ3v) is 3.92. The fourth-order valence-corrected chi connectivity index (χ4v) is 2.70. The van der Waals surface area contributed by atoms with Crippen LogP contribution in [-0.2, 0) is 0 Å². The Morgan fingerprint density at radius 2 is 1.96 bits per heavy atom. The van der Waals surface area contributed by atoms with E-state index < -0.39 is 0 Å². The van der Waals surface area contributed by atoms with Gasteiger partial charge in [0.1, 0.15) is 5.82 Å². The van der Waals surface area contributed by atoms with Gasteiger partial charge in [-0.25, -0.2) is 4.98 Å². The Morgan fingerprint density at radius 3 is 2.54 bits per heavy atom. The first kappa shape index (κ1) is 19.2. The van der Waals surface area contributed by atoms with E-state index in [9.17, 15) is 0 Å². The van der Waals surface area contributed by atoms with Crippen LogP contribution in [0.3, 0.4) is 0 Å². The number of aliphatic imine (C=N–C) groups is 1. The van der Waals surface area contributed by atoms with Crippen molar-refractivity contribution >= 4 is 23.2 Å². The second-order valence-corrected chi connectivity index (χ2v) is 6.09. The highest BCUT2D eigenvalue weighted by Gasteiger charge is 2.08. The highest BCUT2D eigenvalue weighted by atomic mass is 15.0. The molecule has 0 fully saturated rings. The lowest BCUT2D eigenvalue weighted by Gasteiger charge is -2.11. The van der Waals surface area contributed by atoms with Crippen LogP contribution >= 0.6 is 0 Å². The lowest BCUT2D eigenvalue weighted by Crippen LogP contribution is -2.02. The first-order valence-corrected chi connectivity index (χ1v) is 8.47. The van der Waals surface area contributed by atoms with Crippen molar-refractivity contribution in [3.63, 3.8) is 0 Å². The number of aromatic nitrogens is 1. The summed E-state index contributed by atoms with van der Waals surface area (Å²) in [4.78, 5) is 10.7. The van der Waals surface area contributed by atoms with Crippen molar-refractivity contribution in [3.05, 3.63) is 72.5 Å². The fraction of sp³-hybridized carbons (Fsp3) is 0.182. The van der Waals surface area contributed by atoms with E-state index in [1.165, 1.54) is 0 Å². The van der Waals surface area contributed by atoms with Crippen LogP contribution in [0.1, 0.15) is 18.1 Å². The summed E-state index contributed by atoms with van der Waals surface area (Å²) in [6, 6.07) is 12.2. The molecule has 0 aliphatic heterocycles. The Morgan fingerprint density at radius 1 is 1.19 bits per heavy atom. The molecule has 2 rings (SSSR count). The molecular formula is C22H26N4. The molecule has 134 valence electrons. The van der Waals surface area contributed by atoms with Crippen molar-refractivity contribution in [3.8, 4) is 11.3 Å². The van der Waals surface area contributed by atoms with Gasteiger partial charge in [-0.15, -0.1) is 0 Å². The number of nitrogens with zero attached hydrogens (tertiary/aromatic N) is 3. The molecule has 2 aromatic rings. The van der Waals surface area contributed by atoms with E-state index in [0.717, 1.165) is 33.5 Å². The van der Waals surface area contributed by atoms with E-state index in [-0.39, 0.29) is 0 Å². The minimum absolute atomic E-state index is 0.494. The van der Waals surface area contributed by atoms with Gasteiger partial charge in [-0.3, -0.25) is 4.99 Å². The highest BCUT2D eigenvalue weighted by molar-refractivity contribution is 6.11. The number of allylic oxidation sites excluding steroid dienone is 4. The third-order valence-electron chi connectivity index (χ3n) is 3.92. The molecule has 0 spiro atoms. The van der Waals surface area contributed by atoms with Gasteiger partial charge in [-0.05, 0) is 41.8 Å². The average Bonchev–Trinajstić information content (AvgIpc) is 2.64. The number of nitrogen functional groups attached to an aromatic ring is 1. The molecule has 2 N–H and O–H groups in total. The first-order valence-electron chi connectivity index (χ1n) is 8.47. The smallest absolute Gasteiger partial charge is 0.132 e. The summed E-state index contributed by atoms with van der Waals surface area (Å²) < 4.78 is 0. The topological polar surface area (TPSA) is 54.5 Å². The zero-order chi connectivity index (χ0) is 19.1. The second kappa shape index (κ2) is 8.81. The van der Waals surface area contributed by atoms with Gasteiger partial charge in [0.2, 0.25) is 0 Å². The van der Waals surface area contributed by atoms with Crippen molar-refractivity contribution in [2.24, 2.45) is 4.99 Å². The van der Waals surface area contributed by atoms with E-state index in [4.69, 9.17) is 5.73 Å². The van der Waals surface area contributed by atoms with Crippen LogP contribution < -0.4 is 5.73 Å². The Hall–Kier alpha value is -3.14. The van der Waals surface area contributed by atoms with Gasteiger partial charge < -0.3 is 10.6 Å². The van der Waals surface area contributed by atoms with E-state index in [0.29, 0.717) is 5.82 Å². The largest absolute Gasteiger partial charge is 0.383 e. The maximum absolute atomic E-state index is 6.21. The van der Waals surface area contributed by atoms with Crippen molar-refractivity contribution in [1.29, 1.82) is 0 Å². The third kappa shape index (κ3) is 4.48. The SMILES string of the molecule is C=C/C(=C\N(C)C)c1cccc(-c2ccc(C(/C=N\C)=C/C)c(N)n2)c1. The van der Waals surface area contributed by atoms with Gasteiger partial charge in [0.05, 0.1) is 5.69 Å². The van der Waals surface area contributed by atoms with Gasteiger partial charge in [0.15, 0.2) is 0 Å². The molecule has 0 amide bonds. The summed E-state index contributed by atoms with van der Waals surface area (Å²) in [5, 5.41) is 0. The number of hydrogen-bond donors (Lipinski definition) is 1. The minimum Gasteiger partial charge on any atom is -0.383 e. The summed E-state index contributed by atoms with van der Waals surface area (Å²) in [5.74, 6) is 0.494. The Labute approximate surface area is 156 Å². The Balaban J connectivity index is 2.45. The van der Waals surface area contributed by atoms with Gasteiger partial charge in [0, 0.05) is 44.7 Å². The lowest BCUT2D eigenvalue weighted by molar-refractivity contribution is 0.566. The summed E-state index contributed by atoms with van der Waals surface area (Å²) in [6.07, 6.45) is 7.66. The number of pyridine rings is 1. The maximum Gasteiger partial charge on any atom is 0.132 e. The van der Waals surface area contributed by atoms with Crippen LogP contribution in [0.5, 0.6) is 0 Å². The molecule has 4 nitrogen and oxygen atoms in total. The zero-order valence-electron chi connectivity index (χ0n) is 15.9. The molecule has 1 aromatic heterocycles. The van der Waals surface area contributed by atoms with Gasteiger partial charge in [-0.1, -0.05) is 36.9 Å². The van der Waals surface area contributed by atoms with E-state index >= 15 is 0 Å². The molecule has 0 saturated heterocycles. The molecule has 26 heavy (non-hydrogen) atoms. The fourth-order valence-electron chi connectivity index (χ4n) is 2.70. The monoisotopic (exact) mass is 346 g/mol. The number of hydrogen-bond acceptors (Lipinski definition) is 4. The van der Waals surface area contributed by atoms with Crippen molar-refractivity contribution in [2.75, 3.05) is 26.9 Å². The molecule has 0 atom stereocenters. The van der Waals surface area contributed by atoms with Gasteiger partial charge >= 0.3 is 0 Å². The summed E-state index contributed by atoms with van der Waals surface area (Å²) in [5.41, 5.74) is 12.0. The van der Waals surface area contributed by atoms with E-state index in [1.807, 2.05) is 68.5 Å². The number of benzene rings is 1. The minimum atomic E-state index is 0.494. The lowest BCUT2D eigenvalue weighted by atomic mass is 10.0. The molecule has 0 aliphatic carbocycles. The number of anilines is 1. The molecule has 0 saturated carbocycles. The number of rotatable bonds is 6. The Kier molecular flexibility index (Phi) is 6.50. The predicted molar refractivity (Wildman–Crippen MR) is 114 cm³/mol. The standard InChI is InChI=1S/C22H26N4/c1-6-16(14-24-3)20-11-12-21(25-22(20)23)19-10-8-9-18(13-19)17(7-2)15-26(4)5/h6-15H,2H2,1,3-5H3,(H2,23,25)/b16-6+,17-15+,24-14-. The van der Waals surface area contributed by atoms with Crippen molar-refractivity contribution < 1.29 is 0 Å². The van der Waals surface area contributed by atoms with Crippen molar-refractivity contribution in [1.82, 2.24) is 9.88 Å². The van der Waals surface area contributed by atoms with Crippen molar-refractivity contribution in [2.45, 2.75) is 6.92 Å². The maximum atomic E-state index is 6.21. The average molecular weight is 346 g/mol. The molecule has 4 heteroatoms. The van der Waals surface area contributed by atoms with Crippen LogP contribution in [0.25, 0.3) is 22.4 Å². The summed E-state index contributed by atoms with van der Waals surface area (Å²) >= 11 is 0. The van der Waals surface area contributed by atoms with Gasteiger partial charge in [0.25, 0.3) is 0 Å². The molecule has 0 aliphatic rings. The second-order valence-electron chi connectivity index (χ2n) is 6.09. The quantitative estimate of drug-likeness (QED) is 0.618. The molecule has 0 unspecified atom stereocenters. The van der Waals surface area contributed by atoms with Crippen LogP contribution in [0.15, 0.2) is 66.3 Å². The van der Waals surface area contributed by atoms with E-state index in [1.54, 1.807) is 13.3 Å². The normalized spacial score (nSPS) is 12.5. The van der Waals surface area contributed by atoms with Crippen LogP contribution in [-0.4, -0.2) is 37.2 Å². The molecule has 1 heterocycles. The van der Waals surface area contributed by atoms with Gasteiger partial charge in [-0.2, -0.15) is 0 Å². The molecule has 1 aromatic carbocycles. The summed E-state index contributed by atoms with van der Waals surface area (Å²) in [7, 11) is 5.73. The van der Waals surface area contributed by atoms with Crippen LogP contribution in [0, 0.1) is 0 Å². The van der Waals surface area contributed by atoms with E-state index in [2.05, 4.69) is 28.7 Å². The summed E-state index contributed by atoms with van der Waals surface area (Å²) in [6.45, 7) is 5.88. The zero-order valence-corrected chi connectivity index (χ0v) is 15.9.